The molecule has 1 aromatic carbocycles. The second-order valence-electron chi connectivity index (χ2n) is 6.47. The molecule has 0 saturated heterocycles. The normalized spacial score (nSPS) is 15.0. The molecular formula is C20H27NO3S. The van der Waals surface area contributed by atoms with Crippen LogP contribution in [0, 0.1) is 13.8 Å². The highest BCUT2D eigenvalue weighted by Crippen LogP contribution is 2.36. The molecule has 4 nitrogen and oxygen atoms in total. The highest BCUT2D eigenvalue weighted by molar-refractivity contribution is 8.04. The minimum atomic E-state index is -0.186. The van der Waals surface area contributed by atoms with Gasteiger partial charge in [-0.05, 0) is 56.6 Å². The van der Waals surface area contributed by atoms with Crippen LogP contribution in [-0.4, -0.2) is 41.7 Å². The van der Waals surface area contributed by atoms with Crippen LogP contribution in [0.15, 0.2) is 23.1 Å². The minimum Gasteiger partial charge on any atom is -0.379 e. The Morgan fingerprint density at radius 2 is 1.84 bits per heavy atom. The van der Waals surface area contributed by atoms with Gasteiger partial charge in [-0.15, -0.1) is 11.8 Å². The third-order valence-corrected chi connectivity index (χ3v) is 5.14. The van der Waals surface area contributed by atoms with Gasteiger partial charge in [0.05, 0.1) is 16.6 Å². The molecule has 0 fully saturated rings. The van der Waals surface area contributed by atoms with Crippen molar-refractivity contribution in [3.05, 3.63) is 39.8 Å². The van der Waals surface area contributed by atoms with E-state index < -0.39 is 0 Å². The topological polar surface area (TPSA) is 46.6 Å². The Hall–Kier alpha value is -1.59. The number of benzene rings is 1. The lowest BCUT2D eigenvalue weighted by Gasteiger charge is -2.16. The summed E-state index contributed by atoms with van der Waals surface area (Å²) < 4.78 is 5.52. The van der Waals surface area contributed by atoms with Crippen LogP contribution in [0.3, 0.4) is 0 Å². The summed E-state index contributed by atoms with van der Waals surface area (Å²) >= 11 is 1.45. The average molecular weight is 362 g/mol. The molecule has 0 radical (unpaired) electrons. The van der Waals surface area contributed by atoms with E-state index in [0.717, 1.165) is 16.9 Å². The highest BCUT2D eigenvalue weighted by atomic mass is 32.2. The molecule has 25 heavy (non-hydrogen) atoms. The summed E-state index contributed by atoms with van der Waals surface area (Å²) in [5.74, 6) is 0.399. The van der Waals surface area contributed by atoms with Crippen LogP contribution in [-0.2, 0) is 14.3 Å². The summed E-state index contributed by atoms with van der Waals surface area (Å²) in [4.78, 5) is 27.6. The van der Waals surface area contributed by atoms with Gasteiger partial charge in [0.15, 0.2) is 0 Å². The van der Waals surface area contributed by atoms with E-state index in [1.165, 1.54) is 22.2 Å². The monoisotopic (exact) mass is 361 g/mol. The Bertz CT molecular complexity index is 694. The summed E-state index contributed by atoms with van der Waals surface area (Å²) in [5, 5.41) is 0. The number of aryl methyl sites for hydroxylation is 2. The van der Waals surface area contributed by atoms with E-state index >= 15 is 0 Å². The lowest BCUT2D eigenvalue weighted by Crippen LogP contribution is -2.33. The summed E-state index contributed by atoms with van der Waals surface area (Å²) in [6, 6.07) is 5.94. The van der Waals surface area contributed by atoms with Crippen LogP contribution in [0.25, 0.3) is 5.57 Å². The van der Waals surface area contributed by atoms with E-state index in [2.05, 4.69) is 0 Å². The van der Waals surface area contributed by atoms with Crippen LogP contribution in [0.5, 0.6) is 0 Å². The van der Waals surface area contributed by atoms with Crippen molar-refractivity contribution in [3.8, 4) is 0 Å². The van der Waals surface area contributed by atoms with Gasteiger partial charge in [-0.1, -0.05) is 25.1 Å². The maximum absolute atomic E-state index is 12.9. The van der Waals surface area contributed by atoms with Crippen LogP contribution >= 0.6 is 11.8 Å². The van der Waals surface area contributed by atoms with Crippen molar-refractivity contribution >= 4 is 29.1 Å². The zero-order valence-corrected chi connectivity index (χ0v) is 16.5. The lowest BCUT2D eigenvalue weighted by molar-refractivity contribution is -0.136. The molecular weight excluding hydrogens is 334 g/mol. The van der Waals surface area contributed by atoms with Crippen LogP contribution in [0.4, 0.5) is 0 Å². The van der Waals surface area contributed by atoms with Gasteiger partial charge in [-0.3, -0.25) is 14.5 Å². The third-order valence-electron chi connectivity index (χ3n) is 4.19. The van der Waals surface area contributed by atoms with Crippen molar-refractivity contribution in [2.75, 3.05) is 18.9 Å². The zero-order chi connectivity index (χ0) is 18.6. The molecule has 2 amide bonds. The number of hydrogen-bond acceptors (Lipinski definition) is 4. The SMILES string of the molecule is CCSC1=C(c2ccc(C)c(C)c2)C(=O)N(CCCOC(C)C)C1=O. The Kier molecular flexibility index (Phi) is 6.85. The molecule has 0 unspecified atom stereocenters. The molecule has 136 valence electrons. The lowest BCUT2D eigenvalue weighted by atomic mass is 10.0. The van der Waals surface area contributed by atoms with Crippen LogP contribution < -0.4 is 0 Å². The van der Waals surface area contributed by atoms with Gasteiger partial charge in [-0.2, -0.15) is 0 Å². The maximum Gasteiger partial charge on any atom is 0.267 e. The fourth-order valence-corrected chi connectivity index (χ4v) is 3.60. The first-order chi connectivity index (χ1) is 11.9. The van der Waals surface area contributed by atoms with Gasteiger partial charge in [0.1, 0.15) is 0 Å². The Morgan fingerprint density at radius 3 is 2.44 bits per heavy atom. The Labute approximate surface area is 154 Å². The van der Waals surface area contributed by atoms with Gasteiger partial charge < -0.3 is 4.74 Å². The predicted molar refractivity (Wildman–Crippen MR) is 103 cm³/mol. The van der Waals surface area contributed by atoms with Crippen molar-refractivity contribution in [1.82, 2.24) is 4.90 Å². The Morgan fingerprint density at radius 1 is 1.12 bits per heavy atom. The highest BCUT2D eigenvalue weighted by Gasteiger charge is 2.38. The number of amides is 2. The largest absolute Gasteiger partial charge is 0.379 e. The van der Waals surface area contributed by atoms with Crippen molar-refractivity contribution < 1.29 is 14.3 Å². The molecule has 0 aliphatic carbocycles. The summed E-state index contributed by atoms with van der Waals surface area (Å²) in [5.41, 5.74) is 3.67. The van der Waals surface area contributed by atoms with Gasteiger partial charge in [0.2, 0.25) is 0 Å². The minimum absolute atomic E-state index is 0.153. The summed E-state index contributed by atoms with van der Waals surface area (Å²) in [6.07, 6.45) is 0.806. The van der Waals surface area contributed by atoms with Gasteiger partial charge in [0.25, 0.3) is 11.8 Å². The molecule has 1 heterocycles. The fourth-order valence-electron chi connectivity index (χ4n) is 2.73. The number of thioether (sulfide) groups is 1. The molecule has 2 rings (SSSR count). The number of rotatable bonds is 8. The number of nitrogens with zero attached hydrogens (tertiary/aromatic N) is 1. The molecule has 1 aromatic rings. The smallest absolute Gasteiger partial charge is 0.267 e. The van der Waals surface area contributed by atoms with Crippen LogP contribution in [0.1, 0.15) is 43.9 Å². The van der Waals surface area contributed by atoms with Gasteiger partial charge in [0, 0.05) is 13.2 Å². The summed E-state index contributed by atoms with van der Waals surface area (Å²) in [6.45, 7) is 10.9. The second kappa shape index (κ2) is 8.68. The average Bonchev–Trinajstić information content (AvgIpc) is 2.78. The van der Waals surface area contributed by atoms with E-state index in [1.807, 2.05) is 52.8 Å². The molecule has 0 N–H and O–H groups in total. The van der Waals surface area contributed by atoms with Crippen molar-refractivity contribution in [2.45, 2.75) is 47.1 Å². The predicted octanol–water partition coefficient (Wildman–Crippen LogP) is 3.95. The number of imide groups is 1. The second-order valence-corrected chi connectivity index (χ2v) is 7.75. The summed E-state index contributed by atoms with van der Waals surface area (Å²) in [7, 11) is 0. The maximum atomic E-state index is 12.9. The van der Waals surface area contributed by atoms with Gasteiger partial charge in [-0.25, -0.2) is 0 Å². The molecule has 5 heteroatoms. The van der Waals surface area contributed by atoms with Gasteiger partial charge >= 0.3 is 0 Å². The van der Waals surface area contributed by atoms with Crippen LogP contribution in [0.2, 0.25) is 0 Å². The molecule has 0 bridgehead atoms. The van der Waals surface area contributed by atoms with E-state index in [1.54, 1.807) is 0 Å². The van der Waals surface area contributed by atoms with E-state index in [0.29, 0.717) is 30.1 Å². The fraction of sp³-hybridized carbons (Fsp3) is 0.500. The van der Waals surface area contributed by atoms with E-state index in [4.69, 9.17) is 4.74 Å². The molecule has 1 aliphatic rings. The Balaban J connectivity index is 2.24. The molecule has 0 aromatic heterocycles. The van der Waals surface area contributed by atoms with Crippen molar-refractivity contribution in [1.29, 1.82) is 0 Å². The standard InChI is InChI=1S/C20H27NO3S/c1-6-25-18-17(16-9-8-14(4)15(5)12-16)19(22)21(20(18)23)10-7-11-24-13(2)3/h8-9,12-13H,6-7,10-11H2,1-5H3. The number of ether oxygens (including phenoxy) is 1. The first-order valence-electron chi connectivity index (χ1n) is 8.79. The molecule has 0 spiro atoms. The quantitative estimate of drug-likeness (QED) is 0.519. The molecule has 1 aliphatic heterocycles. The van der Waals surface area contributed by atoms with Crippen molar-refractivity contribution in [3.63, 3.8) is 0 Å². The molecule has 0 atom stereocenters. The first kappa shape index (κ1) is 19.7. The van der Waals surface area contributed by atoms with E-state index in [9.17, 15) is 9.59 Å². The third kappa shape index (κ3) is 4.53. The van der Waals surface area contributed by atoms with Crippen molar-refractivity contribution in [2.24, 2.45) is 0 Å². The zero-order valence-electron chi connectivity index (χ0n) is 15.7. The van der Waals surface area contributed by atoms with E-state index in [-0.39, 0.29) is 17.9 Å². The molecule has 0 saturated carbocycles. The number of hydrogen-bond donors (Lipinski definition) is 0. The number of carbonyl (C=O) groups excluding carboxylic acids is 2. The first-order valence-corrected chi connectivity index (χ1v) is 9.77. The number of carbonyl (C=O) groups is 2.